The monoisotopic (exact) mass is 139 g/mol. The molecule has 0 aromatic rings. The molecule has 0 aliphatic heterocycles. The second kappa shape index (κ2) is 3.18. The summed E-state index contributed by atoms with van der Waals surface area (Å²) < 4.78 is 0. The van der Waals surface area contributed by atoms with E-state index in [2.05, 4.69) is 13.2 Å². The highest BCUT2D eigenvalue weighted by molar-refractivity contribution is 5.54. The molecule has 1 rings (SSSR count). The fourth-order valence-corrected chi connectivity index (χ4v) is 1.80. The van der Waals surface area contributed by atoms with Crippen molar-refractivity contribution in [3.63, 3.8) is 0 Å². The van der Waals surface area contributed by atoms with Crippen molar-refractivity contribution in [2.45, 2.75) is 33.1 Å². The Kier molecular flexibility index (Phi) is 2.47. The second-order valence-corrected chi connectivity index (χ2v) is 3.58. The molecule has 0 aromatic carbocycles. The van der Waals surface area contributed by atoms with Crippen molar-refractivity contribution in [2.24, 2.45) is 17.8 Å². The predicted octanol–water partition coefficient (Wildman–Crippen LogP) is 2.17. The molecular formula is C9H15O. The molecule has 1 saturated carbocycles. The Labute approximate surface area is 62.8 Å². The summed E-state index contributed by atoms with van der Waals surface area (Å²) in [7, 11) is 0. The van der Waals surface area contributed by atoms with Crippen LogP contribution in [0.1, 0.15) is 33.1 Å². The molecule has 3 unspecified atom stereocenters. The van der Waals surface area contributed by atoms with Crippen LogP contribution >= 0.6 is 0 Å². The van der Waals surface area contributed by atoms with Gasteiger partial charge in [0.25, 0.3) is 0 Å². The van der Waals surface area contributed by atoms with Gasteiger partial charge in [-0.15, -0.1) is 0 Å². The molecule has 0 spiro atoms. The summed E-state index contributed by atoms with van der Waals surface area (Å²) in [6.07, 6.45) is 5.85. The molecule has 0 heterocycles. The summed E-state index contributed by atoms with van der Waals surface area (Å²) in [5.41, 5.74) is 0. The molecule has 57 valence electrons. The van der Waals surface area contributed by atoms with Crippen LogP contribution in [0.2, 0.25) is 0 Å². The van der Waals surface area contributed by atoms with Crippen LogP contribution in [-0.2, 0) is 4.79 Å². The van der Waals surface area contributed by atoms with Gasteiger partial charge in [-0.25, -0.2) is 0 Å². The smallest absolute Gasteiger partial charge is 0.201 e. The fraction of sp³-hybridized carbons (Fsp3) is 0.889. The van der Waals surface area contributed by atoms with E-state index in [1.165, 1.54) is 19.3 Å². The van der Waals surface area contributed by atoms with E-state index in [1.807, 2.05) is 6.92 Å². The van der Waals surface area contributed by atoms with E-state index in [0.29, 0.717) is 5.92 Å². The van der Waals surface area contributed by atoms with Crippen LogP contribution in [0.25, 0.3) is 0 Å². The first-order valence-electron chi connectivity index (χ1n) is 4.11. The standard InChI is InChI=1S/C9H15O/c1-7-3-4-9(5-7)8(2)6-10/h7-9H,3-5H2,1-2H3. The highest BCUT2D eigenvalue weighted by atomic mass is 16.1. The van der Waals surface area contributed by atoms with E-state index >= 15 is 0 Å². The molecule has 1 fully saturated rings. The zero-order valence-electron chi connectivity index (χ0n) is 6.76. The fourth-order valence-electron chi connectivity index (χ4n) is 1.80. The summed E-state index contributed by atoms with van der Waals surface area (Å²) in [4.78, 5) is 10.3. The summed E-state index contributed by atoms with van der Waals surface area (Å²) in [5, 5.41) is 0. The quantitative estimate of drug-likeness (QED) is 0.573. The van der Waals surface area contributed by atoms with E-state index in [0.717, 1.165) is 5.92 Å². The van der Waals surface area contributed by atoms with E-state index in [9.17, 15) is 4.79 Å². The lowest BCUT2D eigenvalue weighted by Crippen LogP contribution is -2.08. The van der Waals surface area contributed by atoms with Gasteiger partial charge in [-0.3, -0.25) is 4.79 Å². The van der Waals surface area contributed by atoms with Crippen LogP contribution in [0.4, 0.5) is 0 Å². The third-order valence-corrected chi connectivity index (χ3v) is 2.63. The predicted molar refractivity (Wildman–Crippen MR) is 41.4 cm³/mol. The van der Waals surface area contributed by atoms with Crippen LogP contribution < -0.4 is 0 Å². The number of hydrogen-bond acceptors (Lipinski definition) is 1. The van der Waals surface area contributed by atoms with Crippen LogP contribution in [-0.4, -0.2) is 6.29 Å². The molecule has 1 aliphatic rings. The summed E-state index contributed by atoms with van der Waals surface area (Å²) in [6, 6.07) is 0. The maximum atomic E-state index is 10.3. The normalized spacial score (nSPS) is 35.8. The highest BCUT2D eigenvalue weighted by Crippen LogP contribution is 2.34. The molecule has 1 heteroatoms. The minimum absolute atomic E-state index is 0.171. The van der Waals surface area contributed by atoms with Crippen molar-refractivity contribution >= 4 is 6.29 Å². The Balaban J connectivity index is 2.36. The summed E-state index contributed by atoms with van der Waals surface area (Å²) in [5.74, 6) is 1.64. The van der Waals surface area contributed by atoms with Crippen molar-refractivity contribution in [1.29, 1.82) is 0 Å². The zero-order valence-corrected chi connectivity index (χ0v) is 6.76. The largest absolute Gasteiger partial charge is 0.291 e. The topological polar surface area (TPSA) is 17.1 Å². The van der Waals surface area contributed by atoms with Crippen LogP contribution in [0, 0.1) is 17.8 Å². The third kappa shape index (κ3) is 1.59. The Morgan fingerprint density at radius 3 is 2.60 bits per heavy atom. The molecule has 3 atom stereocenters. The number of carbonyl (C=O) groups excluding carboxylic acids is 1. The average molecular weight is 139 g/mol. The first-order valence-corrected chi connectivity index (χ1v) is 4.11. The van der Waals surface area contributed by atoms with Gasteiger partial charge in [0.2, 0.25) is 6.29 Å². The SMILES string of the molecule is CC1CCC(C(C)[C]=O)C1. The molecule has 1 nitrogen and oxygen atoms in total. The van der Waals surface area contributed by atoms with Gasteiger partial charge in [-0.2, -0.15) is 0 Å². The van der Waals surface area contributed by atoms with Crippen LogP contribution in [0.15, 0.2) is 0 Å². The van der Waals surface area contributed by atoms with Gasteiger partial charge in [0.1, 0.15) is 0 Å². The first kappa shape index (κ1) is 7.77. The minimum atomic E-state index is 0.171. The summed E-state index contributed by atoms with van der Waals surface area (Å²) in [6.45, 7) is 4.24. The lowest BCUT2D eigenvalue weighted by atomic mass is 9.93. The molecule has 0 bridgehead atoms. The first-order chi connectivity index (χ1) is 4.74. The van der Waals surface area contributed by atoms with Crippen molar-refractivity contribution in [2.75, 3.05) is 0 Å². The molecule has 1 radical (unpaired) electrons. The second-order valence-electron chi connectivity index (χ2n) is 3.58. The van der Waals surface area contributed by atoms with Crippen LogP contribution in [0.3, 0.4) is 0 Å². The molecule has 1 aliphatic carbocycles. The molecular weight excluding hydrogens is 124 g/mol. The van der Waals surface area contributed by atoms with Gasteiger partial charge in [0.15, 0.2) is 0 Å². The molecule has 0 amide bonds. The summed E-state index contributed by atoms with van der Waals surface area (Å²) >= 11 is 0. The molecule has 0 N–H and O–H groups in total. The van der Waals surface area contributed by atoms with E-state index < -0.39 is 0 Å². The van der Waals surface area contributed by atoms with Gasteiger partial charge >= 0.3 is 0 Å². The van der Waals surface area contributed by atoms with Gasteiger partial charge in [0, 0.05) is 5.92 Å². The van der Waals surface area contributed by atoms with Crippen molar-refractivity contribution in [1.82, 2.24) is 0 Å². The van der Waals surface area contributed by atoms with Crippen molar-refractivity contribution in [3.05, 3.63) is 0 Å². The van der Waals surface area contributed by atoms with Crippen molar-refractivity contribution in [3.8, 4) is 0 Å². The molecule has 10 heavy (non-hydrogen) atoms. The number of hydrogen-bond donors (Lipinski definition) is 0. The molecule has 0 saturated heterocycles. The highest BCUT2D eigenvalue weighted by Gasteiger charge is 2.25. The van der Waals surface area contributed by atoms with Gasteiger partial charge in [-0.1, -0.05) is 20.3 Å². The van der Waals surface area contributed by atoms with E-state index in [1.54, 1.807) is 0 Å². The van der Waals surface area contributed by atoms with Gasteiger partial charge < -0.3 is 0 Å². The maximum absolute atomic E-state index is 10.3. The van der Waals surface area contributed by atoms with Crippen molar-refractivity contribution < 1.29 is 4.79 Å². The zero-order chi connectivity index (χ0) is 7.56. The average Bonchev–Trinajstić information content (AvgIpc) is 2.34. The lowest BCUT2D eigenvalue weighted by molar-refractivity contribution is 0.414. The molecule has 0 aromatic heterocycles. The number of rotatable bonds is 2. The van der Waals surface area contributed by atoms with Crippen LogP contribution in [0.5, 0.6) is 0 Å². The Morgan fingerprint density at radius 2 is 2.20 bits per heavy atom. The van der Waals surface area contributed by atoms with Gasteiger partial charge in [0.05, 0.1) is 0 Å². The maximum Gasteiger partial charge on any atom is 0.201 e. The minimum Gasteiger partial charge on any atom is -0.291 e. The Bertz CT molecular complexity index is 120. The van der Waals surface area contributed by atoms with E-state index in [4.69, 9.17) is 0 Å². The Morgan fingerprint density at radius 1 is 1.50 bits per heavy atom. The van der Waals surface area contributed by atoms with E-state index in [-0.39, 0.29) is 5.92 Å². The van der Waals surface area contributed by atoms with Gasteiger partial charge in [-0.05, 0) is 24.7 Å². The Hall–Kier alpha value is -0.330. The third-order valence-electron chi connectivity index (χ3n) is 2.63. The lowest BCUT2D eigenvalue weighted by Gasteiger charge is -2.10.